The maximum Gasteiger partial charge on any atom is 0.335 e. The molecule has 0 radical (unpaired) electrons. The summed E-state index contributed by atoms with van der Waals surface area (Å²) in [6.45, 7) is 1.68. The van der Waals surface area contributed by atoms with Crippen LogP contribution >= 0.6 is 0 Å². The Kier molecular flexibility index (Phi) is 4.08. The maximum atomic E-state index is 11.7. The molecule has 0 fully saturated rings. The lowest BCUT2D eigenvalue weighted by atomic mass is 9.77. The van der Waals surface area contributed by atoms with Crippen molar-refractivity contribution in [2.75, 3.05) is 0 Å². The largest absolute Gasteiger partial charge is 0.481 e. The molecule has 108 valence electrons. The van der Waals surface area contributed by atoms with Gasteiger partial charge in [-0.2, -0.15) is 0 Å². The van der Waals surface area contributed by atoms with Crippen LogP contribution in [-0.4, -0.2) is 22.2 Å². The third kappa shape index (κ3) is 3.11. The number of carboxylic acids is 2. The van der Waals surface area contributed by atoms with E-state index in [9.17, 15) is 14.7 Å². The normalized spacial score (nSPS) is 13.4. The quantitative estimate of drug-likeness (QED) is 0.885. The van der Waals surface area contributed by atoms with Crippen LogP contribution < -0.4 is 0 Å². The fourth-order valence-electron chi connectivity index (χ4n) is 2.28. The molecule has 0 amide bonds. The number of aromatic carboxylic acids is 1. The van der Waals surface area contributed by atoms with Crippen LogP contribution in [0.2, 0.25) is 0 Å². The van der Waals surface area contributed by atoms with E-state index in [2.05, 4.69) is 0 Å². The van der Waals surface area contributed by atoms with E-state index < -0.39 is 17.4 Å². The molecule has 4 nitrogen and oxygen atoms in total. The first kappa shape index (κ1) is 14.8. The third-order valence-corrected chi connectivity index (χ3v) is 3.64. The lowest BCUT2D eigenvalue weighted by Crippen LogP contribution is -2.34. The summed E-state index contributed by atoms with van der Waals surface area (Å²) in [5, 5.41) is 18.5. The van der Waals surface area contributed by atoms with E-state index in [1.54, 1.807) is 31.2 Å². The molecule has 0 heterocycles. The SMILES string of the molecule is CC(Cc1ccc(C(=O)O)cc1)(C(=O)O)c1ccccc1. The first-order valence-corrected chi connectivity index (χ1v) is 6.54. The molecule has 0 saturated carbocycles. The molecule has 0 aliphatic carbocycles. The minimum atomic E-state index is -1.05. The van der Waals surface area contributed by atoms with E-state index in [0.29, 0.717) is 6.42 Å². The highest BCUT2D eigenvalue weighted by Crippen LogP contribution is 2.28. The van der Waals surface area contributed by atoms with Gasteiger partial charge >= 0.3 is 11.9 Å². The van der Waals surface area contributed by atoms with Gasteiger partial charge in [-0.15, -0.1) is 0 Å². The van der Waals surface area contributed by atoms with Crippen molar-refractivity contribution >= 4 is 11.9 Å². The van der Waals surface area contributed by atoms with Crippen molar-refractivity contribution in [2.24, 2.45) is 0 Å². The summed E-state index contributed by atoms with van der Waals surface area (Å²) >= 11 is 0. The molecule has 0 aliphatic heterocycles. The first-order valence-electron chi connectivity index (χ1n) is 6.54. The Morgan fingerprint density at radius 2 is 1.52 bits per heavy atom. The van der Waals surface area contributed by atoms with Crippen LogP contribution in [0, 0.1) is 0 Å². The van der Waals surface area contributed by atoms with E-state index in [-0.39, 0.29) is 5.56 Å². The Morgan fingerprint density at radius 1 is 0.952 bits per heavy atom. The van der Waals surface area contributed by atoms with Gasteiger partial charge in [0.2, 0.25) is 0 Å². The lowest BCUT2D eigenvalue weighted by molar-refractivity contribution is -0.143. The van der Waals surface area contributed by atoms with Gasteiger partial charge < -0.3 is 10.2 Å². The molecule has 0 saturated heterocycles. The van der Waals surface area contributed by atoms with Crippen molar-refractivity contribution in [2.45, 2.75) is 18.8 Å². The van der Waals surface area contributed by atoms with E-state index in [4.69, 9.17) is 5.11 Å². The Hall–Kier alpha value is -2.62. The van der Waals surface area contributed by atoms with E-state index >= 15 is 0 Å². The minimum Gasteiger partial charge on any atom is -0.481 e. The van der Waals surface area contributed by atoms with Gasteiger partial charge in [-0.25, -0.2) is 4.79 Å². The molecule has 4 heteroatoms. The van der Waals surface area contributed by atoms with Crippen LogP contribution in [0.4, 0.5) is 0 Å². The maximum absolute atomic E-state index is 11.7. The molecule has 0 spiro atoms. The number of rotatable bonds is 5. The Labute approximate surface area is 122 Å². The molecule has 2 rings (SSSR count). The van der Waals surface area contributed by atoms with Crippen LogP contribution in [0.25, 0.3) is 0 Å². The molecule has 1 unspecified atom stereocenters. The molecule has 0 aliphatic rings. The van der Waals surface area contributed by atoms with Gasteiger partial charge in [-0.3, -0.25) is 4.79 Å². The highest BCUT2D eigenvalue weighted by molar-refractivity contribution is 5.87. The summed E-state index contributed by atoms with van der Waals surface area (Å²) < 4.78 is 0. The molecule has 2 aromatic rings. The van der Waals surface area contributed by atoms with Gasteiger partial charge in [0, 0.05) is 0 Å². The zero-order chi connectivity index (χ0) is 15.5. The average molecular weight is 284 g/mol. The summed E-state index contributed by atoms with van der Waals surface area (Å²) in [6, 6.07) is 15.3. The summed E-state index contributed by atoms with van der Waals surface area (Å²) in [5.74, 6) is -1.90. The summed E-state index contributed by atoms with van der Waals surface area (Å²) in [5.41, 5.74) is 0.649. The molecular formula is C17H16O4. The summed E-state index contributed by atoms with van der Waals surface area (Å²) in [7, 11) is 0. The number of carboxylic acid groups (broad SMARTS) is 2. The van der Waals surface area contributed by atoms with E-state index in [1.165, 1.54) is 12.1 Å². The number of hydrogen-bond donors (Lipinski definition) is 2. The third-order valence-electron chi connectivity index (χ3n) is 3.64. The Balaban J connectivity index is 2.33. The fraction of sp³-hybridized carbons (Fsp3) is 0.176. The second-order valence-electron chi connectivity index (χ2n) is 5.18. The molecule has 0 bridgehead atoms. The van der Waals surface area contributed by atoms with Crippen molar-refractivity contribution in [1.29, 1.82) is 0 Å². The van der Waals surface area contributed by atoms with Gasteiger partial charge in [0.1, 0.15) is 0 Å². The predicted molar refractivity (Wildman–Crippen MR) is 78.5 cm³/mol. The highest BCUT2D eigenvalue weighted by atomic mass is 16.4. The fourth-order valence-corrected chi connectivity index (χ4v) is 2.28. The number of hydrogen-bond acceptors (Lipinski definition) is 2. The zero-order valence-corrected chi connectivity index (χ0v) is 11.6. The van der Waals surface area contributed by atoms with Gasteiger partial charge in [-0.1, -0.05) is 42.5 Å². The standard InChI is InChI=1S/C17H16O4/c1-17(16(20)21,14-5-3-2-4-6-14)11-12-7-9-13(10-8-12)15(18)19/h2-10H,11H2,1H3,(H,18,19)(H,20,21). The number of carbonyl (C=O) groups is 2. The molecule has 21 heavy (non-hydrogen) atoms. The van der Waals surface area contributed by atoms with Gasteiger partial charge in [-0.05, 0) is 36.6 Å². The Bertz CT molecular complexity index is 646. The molecule has 1 atom stereocenters. The van der Waals surface area contributed by atoms with Gasteiger partial charge in [0.05, 0.1) is 11.0 Å². The lowest BCUT2D eigenvalue weighted by Gasteiger charge is -2.25. The van der Waals surface area contributed by atoms with Crippen molar-refractivity contribution in [3.05, 3.63) is 71.3 Å². The second kappa shape index (κ2) is 5.79. The van der Waals surface area contributed by atoms with Crippen molar-refractivity contribution in [3.63, 3.8) is 0 Å². The topological polar surface area (TPSA) is 74.6 Å². The minimum absolute atomic E-state index is 0.190. The zero-order valence-electron chi connectivity index (χ0n) is 11.6. The first-order chi connectivity index (χ1) is 9.93. The molecule has 0 aromatic heterocycles. The van der Waals surface area contributed by atoms with Crippen molar-refractivity contribution in [1.82, 2.24) is 0 Å². The Morgan fingerprint density at radius 3 is 2.00 bits per heavy atom. The molecule has 2 aromatic carbocycles. The smallest absolute Gasteiger partial charge is 0.335 e. The number of aliphatic carboxylic acids is 1. The second-order valence-corrected chi connectivity index (χ2v) is 5.18. The van der Waals surface area contributed by atoms with Crippen LogP contribution in [0.1, 0.15) is 28.4 Å². The van der Waals surface area contributed by atoms with E-state index in [1.807, 2.05) is 18.2 Å². The predicted octanol–water partition coefficient (Wildman–Crippen LogP) is 2.97. The molecule has 2 N–H and O–H groups in total. The van der Waals surface area contributed by atoms with E-state index in [0.717, 1.165) is 11.1 Å². The van der Waals surface area contributed by atoms with Gasteiger partial charge in [0.25, 0.3) is 0 Å². The van der Waals surface area contributed by atoms with Crippen LogP contribution in [0.3, 0.4) is 0 Å². The highest BCUT2D eigenvalue weighted by Gasteiger charge is 2.35. The van der Waals surface area contributed by atoms with Crippen molar-refractivity contribution in [3.8, 4) is 0 Å². The summed E-state index contributed by atoms with van der Waals surface area (Å²) in [6.07, 6.45) is 0.298. The average Bonchev–Trinajstić information content (AvgIpc) is 2.48. The monoisotopic (exact) mass is 284 g/mol. The van der Waals surface area contributed by atoms with Gasteiger partial charge in [0.15, 0.2) is 0 Å². The van der Waals surface area contributed by atoms with Crippen LogP contribution in [-0.2, 0) is 16.6 Å². The van der Waals surface area contributed by atoms with Crippen LogP contribution in [0.15, 0.2) is 54.6 Å². The van der Waals surface area contributed by atoms with Crippen molar-refractivity contribution < 1.29 is 19.8 Å². The summed E-state index contributed by atoms with van der Waals surface area (Å²) in [4.78, 5) is 22.5. The molecular weight excluding hydrogens is 268 g/mol. The van der Waals surface area contributed by atoms with Crippen LogP contribution in [0.5, 0.6) is 0 Å². The number of benzene rings is 2.